The minimum absolute atomic E-state index is 0.101. The summed E-state index contributed by atoms with van der Waals surface area (Å²) < 4.78 is 68.4. The largest absolute Gasteiger partial charge is 0.472 e. The highest BCUT2D eigenvalue weighted by Crippen LogP contribution is 2.45. The van der Waals surface area contributed by atoms with Gasteiger partial charge in [-0.15, -0.1) is 0 Å². The lowest BCUT2D eigenvalue weighted by Gasteiger charge is -2.21. The predicted molar refractivity (Wildman–Crippen MR) is 391 cm³/mol. The van der Waals surface area contributed by atoms with Crippen LogP contribution < -0.4 is 0 Å². The molecular formula is C77H146O17P2. The first-order chi connectivity index (χ1) is 46.4. The van der Waals surface area contributed by atoms with Crippen molar-refractivity contribution in [1.29, 1.82) is 0 Å². The van der Waals surface area contributed by atoms with E-state index in [1.807, 2.05) is 0 Å². The Bertz CT molecular complexity index is 1950. The third kappa shape index (κ3) is 67.4. The first-order valence-corrected chi connectivity index (χ1v) is 42.4. The smallest absolute Gasteiger partial charge is 0.462 e. The zero-order chi connectivity index (χ0) is 70.7. The number of ether oxygens (including phenoxy) is 4. The maximum atomic E-state index is 13.1. The second-order valence-corrected chi connectivity index (χ2v) is 30.5. The lowest BCUT2D eigenvalue weighted by molar-refractivity contribution is -0.161. The molecule has 0 aromatic rings. The van der Waals surface area contributed by atoms with Crippen molar-refractivity contribution in [2.45, 2.75) is 394 Å². The molecule has 0 spiro atoms. The number of allylic oxidation sites excluding steroid dienone is 4. The van der Waals surface area contributed by atoms with Gasteiger partial charge in [-0.1, -0.05) is 323 Å². The molecule has 0 aromatic carbocycles. The summed E-state index contributed by atoms with van der Waals surface area (Å²) in [7, 11) is -9.92. The number of hydrogen-bond acceptors (Lipinski definition) is 15. The summed E-state index contributed by atoms with van der Waals surface area (Å²) in [5.41, 5.74) is 0. The summed E-state index contributed by atoms with van der Waals surface area (Å²) in [4.78, 5) is 72.6. The summed E-state index contributed by atoms with van der Waals surface area (Å²) >= 11 is 0. The summed E-state index contributed by atoms with van der Waals surface area (Å²) in [6, 6.07) is 0. The number of unbranched alkanes of at least 4 members (excludes halogenated alkanes) is 39. The summed E-state index contributed by atoms with van der Waals surface area (Å²) in [6.45, 7) is 9.55. The highest BCUT2D eigenvalue weighted by Gasteiger charge is 2.30. The second kappa shape index (κ2) is 68.3. The van der Waals surface area contributed by atoms with Crippen molar-refractivity contribution < 1.29 is 80.2 Å². The van der Waals surface area contributed by atoms with Crippen molar-refractivity contribution in [2.75, 3.05) is 39.6 Å². The molecule has 0 amide bonds. The number of rotatable bonds is 74. The molecule has 0 saturated carbocycles. The summed E-state index contributed by atoms with van der Waals surface area (Å²) in [6.07, 6.45) is 59.2. The van der Waals surface area contributed by atoms with Gasteiger partial charge in [0.2, 0.25) is 0 Å². The van der Waals surface area contributed by atoms with Gasteiger partial charge in [-0.2, -0.15) is 0 Å². The van der Waals surface area contributed by atoms with Crippen LogP contribution in [0.2, 0.25) is 0 Å². The molecule has 96 heavy (non-hydrogen) atoms. The van der Waals surface area contributed by atoms with E-state index < -0.39 is 97.5 Å². The predicted octanol–water partition coefficient (Wildman–Crippen LogP) is 22.3. The van der Waals surface area contributed by atoms with E-state index in [2.05, 4.69) is 65.8 Å². The van der Waals surface area contributed by atoms with Crippen LogP contribution in [0.4, 0.5) is 0 Å². The average molecular weight is 1410 g/mol. The van der Waals surface area contributed by atoms with Gasteiger partial charge in [0.15, 0.2) is 12.2 Å². The van der Waals surface area contributed by atoms with Gasteiger partial charge in [0, 0.05) is 25.7 Å². The van der Waals surface area contributed by atoms with Crippen LogP contribution in [-0.4, -0.2) is 96.7 Å². The number of hydrogen-bond donors (Lipinski definition) is 3. The number of aliphatic hydroxyl groups is 1. The van der Waals surface area contributed by atoms with E-state index in [-0.39, 0.29) is 25.7 Å². The second-order valence-electron chi connectivity index (χ2n) is 27.5. The normalized spacial score (nSPS) is 14.7. The Kier molecular flexibility index (Phi) is 66.6. The third-order valence-corrected chi connectivity index (χ3v) is 20.0. The van der Waals surface area contributed by atoms with Gasteiger partial charge >= 0.3 is 39.5 Å². The monoisotopic (exact) mass is 1410 g/mol. The van der Waals surface area contributed by atoms with Gasteiger partial charge in [-0.3, -0.25) is 37.3 Å². The molecule has 7 atom stereocenters. The average Bonchev–Trinajstić information content (AvgIpc) is 3.16. The molecule has 0 fully saturated rings. The molecule has 0 heterocycles. The fourth-order valence-corrected chi connectivity index (χ4v) is 12.8. The van der Waals surface area contributed by atoms with Gasteiger partial charge < -0.3 is 33.8 Å². The van der Waals surface area contributed by atoms with Crippen LogP contribution in [0.25, 0.3) is 0 Å². The Morgan fingerprint density at radius 2 is 0.583 bits per heavy atom. The maximum absolute atomic E-state index is 13.1. The van der Waals surface area contributed by atoms with E-state index in [1.54, 1.807) is 0 Å². The van der Waals surface area contributed by atoms with E-state index in [4.69, 9.17) is 37.0 Å². The first-order valence-electron chi connectivity index (χ1n) is 39.4. The fourth-order valence-electron chi connectivity index (χ4n) is 11.2. The molecule has 0 aliphatic heterocycles. The third-order valence-electron chi connectivity index (χ3n) is 18.1. The van der Waals surface area contributed by atoms with E-state index in [0.29, 0.717) is 25.7 Å². The number of aliphatic hydroxyl groups excluding tert-OH is 1. The molecule has 0 aliphatic rings. The van der Waals surface area contributed by atoms with Crippen LogP contribution in [0.1, 0.15) is 375 Å². The van der Waals surface area contributed by atoms with E-state index in [0.717, 1.165) is 134 Å². The molecule has 0 bridgehead atoms. The molecule has 17 nitrogen and oxygen atoms in total. The number of carbonyl (C=O) groups is 4. The Hall–Kier alpha value is -2.46. The highest BCUT2D eigenvalue weighted by molar-refractivity contribution is 7.47. The Morgan fingerprint density at radius 1 is 0.333 bits per heavy atom. The molecule has 0 radical (unpaired) electrons. The van der Waals surface area contributed by atoms with Crippen LogP contribution >= 0.6 is 15.6 Å². The quantitative estimate of drug-likeness (QED) is 0.0169. The van der Waals surface area contributed by atoms with Gasteiger partial charge in [-0.25, -0.2) is 9.13 Å². The molecule has 19 heteroatoms. The standard InChI is InChI=1S/C77H146O17P2/c1-7-11-13-15-17-18-19-20-25-29-32-35-42-48-54-60-75(80)88-66-73(93-76(81)61-55-49-43-36-33-30-27-24-22-21-23-26-28-31-34-40-45-51-57-69(5)9-3)68-92-96(85,86)90-64-71(78)63-89-95(83,84)91-67-72(65-87-74(79)59-53-47-39-16-14-12-8-2)94-77(82)62-56-50-44-38-37-41-46-52-58-70(6)10-4/h18-20,25,69-73,78H,7-17,21-24,26-68H2,1-6H3,(H,83,84)(H,85,86)/b19-18-,25-20-/t69?,70?,71-,72+,73+/m0/s1. The zero-order valence-electron chi connectivity index (χ0n) is 62.2. The molecule has 566 valence electrons. The van der Waals surface area contributed by atoms with Crippen LogP contribution in [0.3, 0.4) is 0 Å². The Labute approximate surface area is 586 Å². The minimum atomic E-state index is -4.96. The maximum Gasteiger partial charge on any atom is 0.472 e. The number of carbonyl (C=O) groups excluding carboxylic acids is 4. The zero-order valence-corrected chi connectivity index (χ0v) is 63.9. The lowest BCUT2D eigenvalue weighted by atomic mass is 9.99. The van der Waals surface area contributed by atoms with Crippen LogP contribution in [-0.2, 0) is 65.4 Å². The minimum Gasteiger partial charge on any atom is -0.462 e. The highest BCUT2D eigenvalue weighted by atomic mass is 31.2. The molecule has 0 aliphatic carbocycles. The van der Waals surface area contributed by atoms with Crippen LogP contribution in [0, 0.1) is 11.8 Å². The van der Waals surface area contributed by atoms with Crippen molar-refractivity contribution in [3.8, 4) is 0 Å². The lowest BCUT2D eigenvalue weighted by Crippen LogP contribution is -2.30. The SMILES string of the molecule is CCCCCC/C=C\C=C/CCCCCCCC(=O)OC[C@H](COP(=O)(O)OC[C@@H](O)COP(=O)(O)OC[C@@H](COC(=O)CCCCCCCCC)OC(=O)CCCCCCCCCCC(C)CC)OC(=O)CCCCCCCCCCCCCCCCCCCCC(C)CC. The van der Waals surface area contributed by atoms with Crippen molar-refractivity contribution in [3.05, 3.63) is 24.3 Å². The van der Waals surface area contributed by atoms with E-state index >= 15 is 0 Å². The Morgan fingerprint density at radius 3 is 0.885 bits per heavy atom. The van der Waals surface area contributed by atoms with Gasteiger partial charge in [0.05, 0.1) is 26.4 Å². The van der Waals surface area contributed by atoms with Crippen molar-refractivity contribution in [2.24, 2.45) is 11.8 Å². The molecular weight excluding hydrogens is 1260 g/mol. The molecule has 0 aromatic heterocycles. The Balaban J connectivity index is 5.20. The molecule has 3 N–H and O–H groups in total. The van der Waals surface area contributed by atoms with Crippen LogP contribution in [0.5, 0.6) is 0 Å². The fraction of sp³-hybridized carbons (Fsp3) is 0.896. The van der Waals surface area contributed by atoms with Gasteiger partial charge in [0.1, 0.15) is 19.3 Å². The van der Waals surface area contributed by atoms with E-state index in [1.165, 1.54) is 161 Å². The number of phosphoric acid groups is 2. The van der Waals surface area contributed by atoms with Gasteiger partial charge in [0.25, 0.3) is 0 Å². The van der Waals surface area contributed by atoms with Crippen molar-refractivity contribution >= 4 is 39.5 Å². The molecule has 0 rings (SSSR count). The van der Waals surface area contributed by atoms with Gasteiger partial charge in [-0.05, 0) is 63.2 Å². The molecule has 0 saturated heterocycles. The van der Waals surface area contributed by atoms with Crippen molar-refractivity contribution in [1.82, 2.24) is 0 Å². The van der Waals surface area contributed by atoms with Crippen molar-refractivity contribution in [3.63, 3.8) is 0 Å². The number of phosphoric ester groups is 2. The first kappa shape index (κ1) is 93.5. The number of esters is 4. The molecule has 4 unspecified atom stereocenters. The van der Waals surface area contributed by atoms with Crippen LogP contribution in [0.15, 0.2) is 24.3 Å². The topological polar surface area (TPSA) is 237 Å². The van der Waals surface area contributed by atoms with E-state index in [9.17, 15) is 43.2 Å². The summed E-state index contributed by atoms with van der Waals surface area (Å²) in [5, 5.41) is 10.6. The summed E-state index contributed by atoms with van der Waals surface area (Å²) in [5.74, 6) is -0.514.